The molecule has 1 N–H and O–H groups in total. The molecule has 0 aliphatic heterocycles. The Bertz CT molecular complexity index is 400. The van der Waals surface area contributed by atoms with Gasteiger partial charge in [-0.3, -0.25) is 10.1 Å². The molecule has 0 amide bonds. The summed E-state index contributed by atoms with van der Waals surface area (Å²) in [5.41, 5.74) is 0.961. The van der Waals surface area contributed by atoms with Crippen LogP contribution in [0.4, 0.5) is 5.69 Å². The van der Waals surface area contributed by atoms with Crippen molar-refractivity contribution in [3.05, 3.63) is 39.9 Å². The fourth-order valence-corrected chi connectivity index (χ4v) is 1.26. The third-order valence-corrected chi connectivity index (χ3v) is 2.12. The third kappa shape index (κ3) is 3.84. The molecule has 0 heterocycles. The summed E-state index contributed by atoms with van der Waals surface area (Å²) in [6, 6.07) is 5.78. The maximum atomic E-state index is 10.5. The molecular formula is C11H14N2O4. The van der Waals surface area contributed by atoms with Crippen LogP contribution in [0, 0.1) is 10.1 Å². The van der Waals surface area contributed by atoms with Crippen LogP contribution in [0.5, 0.6) is 0 Å². The standard InChI is InChI=1S/C11H14N2O4/c1-2-7-17-8-11(12-14)9-3-5-10(6-4-9)13(15)16/h3-6,14H,2,7-8H2,1H3. The predicted molar refractivity (Wildman–Crippen MR) is 62.5 cm³/mol. The van der Waals surface area contributed by atoms with Gasteiger partial charge < -0.3 is 9.94 Å². The van der Waals surface area contributed by atoms with Crippen LogP contribution < -0.4 is 0 Å². The number of non-ortho nitro benzene ring substituents is 1. The van der Waals surface area contributed by atoms with Crippen LogP contribution in [-0.2, 0) is 4.74 Å². The van der Waals surface area contributed by atoms with Crippen LogP contribution in [0.25, 0.3) is 0 Å². The van der Waals surface area contributed by atoms with Crippen LogP contribution in [0.1, 0.15) is 18.9 Å². The van der Waals surface area contributed by atoms with E-state index in [0.717, 1.165) is 6.42 Å². The smallest absolute Gasteiger partial charge is 0.269 e. The lowest BCUT2D eigenvalue weighted by molar-refractivity contribution is -0.384. The molecule has 0 unspecified atom stereocenters. The molecule has 0 aromatic heterocycles. The minimum Gasteiger partial charge on any atom is -0.411 e. The topological polar surface area (TPSA) is 85.0 Å². The first kappa shape index (κ1) is 13.1. The molecule has 17 heavy (non-hydrogen) atoms. The van der Waals surface area contributed by atoms with Gasteiger partial charge in [0.05, 0.1) is 11.5 Å². The van der Waals surface area contributed by atoms with Crippen molar-refractivity contribution >= 4 is 11.4 Å². The van der Waals surface area contributed by atoms with Gasteiger partial charge in [0.2, 0.25) is 0 Å². The molecule has 0 aliphatic carbocycles. The molecule has 92 valence electrons. The fraction of sp³-hybridized carbons (Fsp3) is 0.364. The molecule has 0 atom stereocenters. The summed E-state index contributed by atoms with van der Waals surface area (Å²) >= 11 is 0. The van der Waals surface area contributed by atoms with Gasteiger partial charge in [0.15, 0.2) is 0 Å². The highest BCUT2D eigenvalue weighted by atomic mass is 16.6. The second kappa shape index (κ2) is 6.59. The van der Waals surface area contributed by atoms with E-state index in [-0.39, 0.29) is 12.3 Å². The largest absolute Gasteiger partial charge is 0.411 e. The summed E-state index contributed by atoms with van der Waals surface area (Å²) in [6.07, 6.45) is 0.874. The van der Waals surface area contributed by atoms with E-state index < -0.39 is 4.92 Å². The highest BCUT2D eigenvalue weighted by molar-refractivity contribution is 6.01. The molecule has 0 bridgehead atoms. The van der Waals surface area contributed by atoms with Crippen molar-refractivity contribution in [3.63, 3.8) is 0 Å². The fourth-order valence-electron chi connectivity index (χ4n) is 1.26. The number of nitrogens with zero attached hydrogens (tertiary/aromatic N) is 2. The SMILES string of the molecule is CCCOCC(=NO)c1ccc([N+](=O)[O-])cc1. The van der Waals surface area contributed by atoms with E-state index >= 15 is 0 Å². The van der Waals surface area contributed by atoms with E-state index in [9.17, 15) is 10.1 Å². The van der Waals surface area contributed by atoms with Crippen LogP contribution >= 0.6 is 0 Å². The highest BCUT2D eigenvalue weighted by Gasteiger charge is 2.08. The molecule has 0 saturated heterocycles. The number of oxime groups is 1. The van der Waals surface area contributed by atoms with Crippen molar-refractivity contribution in [1.29, 1.82) is 0 Å². The number of benzene rings is 1. The average Bonchev–Trinajstić information content (AvgIpc) is 2.35. The zero-order chi connectivity index (χ0) is 12.7. The number of ether oxygens (including phenoxy) is 1. The molecule has 1 aromatic rings. The lowest BCUT2D eigenvalue weighted by atomic mass is 10.1. The Morgan fingerprint density at radius 1 is 1.47 bits per heavy atom. The summed E-state index contributed by atoms with van der Waals surface area (Å²) in [5.74, 6) is 0. The predicted octanol–water partition coefficient (Wildman–Crippen LogP) is 2.20. The monoisotopic (exact) mass is 238 g/mol. The molecule has 0 radical (unpaired) electrons. The lowest BCUT2D eigenvalue weighted by Gasteiger charge is -2.05. The van der Waals surface area contributed by atoms with Gasteiger partial charge in [-0.1, -0.05) is 12.1 Å². The van der Waals surface area contributed by atoms with Gasteiger partial charge in [-0.2, -0.15) is 0 Å². The quantitative estimate of drug-likeness (QED) is 0.270. The van der Waals surface area contributed by atoms with Gasteiger partial charge in [-0.05, 0) is 18.6 Å². The minimum absolute atomic E-state index is 0.000478. The molecule has 0 spiro atoms. The Hall–Kier alpha value is -1.95. The van der Waals surface area contributed by atoms with E-state index in [0.29, 0.717) is 17.9 Å². The zero-order valence-corrected chi connectivity index (χ0v) is 9.50. The third-order valence-electron chi connectivity index (χ3n) is 2.12. The van der Waals surface area contributed by atoms with Crippen molar-refractivity contribution < 1.29 is 14.9 Å². The Kier molecular flexibility index (Phi) is 5.09. The normalized spacial score (nSPS) is 11.5. The second-order valence-corrected chi connectivity index (χ2v) is 3.40. The first-order chi connectivity index (χ1) is 8.19. The van der Waals surface area contributed by atoms with Gasteiger partial charge in [-0.15, -0.1) is 0 Å². The number of nitro groups is 1. The number of nitro benzene ring substituents is 1. The van der Waals surface area contributed by atoms with Crippen LogP contribution in [0.2, 0.25) is 0 Å². The van der Waals surface area contributed by atoms with Crippen LogP contribution in [0.3, 0.4) is 0 Å². The van der Waals surface area contributed by atoms with Gasteiger partial charge >= 0.3 is 0 Å². The van der Waals surface area contributed by atoms with Gasteiger partial charge in [0.1, 0.15) is 5.71 Å². The summed E-state index contributed by atoms with van der Waals surface area (Å²) in [6.45, 7) is 2.73. The Morgan fingerprint density at radius 3 is 2.59 bits per heavy atom. The van der Waals surface area contributed by atoms with Gasteiger partial charge in [0, 0.05) is 24.3 Å². The first-order valence-electron chi connectivity index (χ1n) is 5.22. The Balaban J connectivity index is 2.73. The second-order valence-electron chi connectivity index (χ2n) is 3.40. The molecule has 0 aliphatic rings. The van der Waals surface area contributed by atoms with E-state index in [1.807, 2.05) is 6.92 Å². The highest BCUT2D eigenvalue weighted by Crippen LogP contribution is 2.12. The average molecular weight is 238 g/mol. The summed E-state index contributed by atoms with van der Waals surface area (Å²) in [7, 11) is 0. The maximum Gasteiger partial charge on any atom is 0.269 e. The van der Waals surface area contributed by atoms with Gasteiger partial charge in [0.25, 0.3) is 5.69 Å². The minimum atomic E-state index is -0.479. The number of hydrogen-bond donors (Lipinski definition) is 1. The first-order valence-corrected chi connectivity index (χ1v) is 5.22. The Morgan fingerprint density at radius 2 is 2.12 bits per heavy atom. The van der Waals surface area contributed by atoms with E-state index in [1.54, 1.807) is 0 Å². The molecule has 0 fully saturated rings. The van der Waals surface area contributed by atoms with Crippen molar-refractivity contribution in [3.8, 4) is 0 Å². The Labute approximate surface area is 98.7 Å². The molecule has 6 heteroatoms. The summed E-state index contributed by atoms with van der Waals surface area (Å²) in [5, 5.41) is 22.4. The summed E-state index contributed by atoms with van der Waals surface area (Å²) < 4.78 is 5.24. The van der Waals surface area contributed by atoms with Crippen molar-refractivity contribution in [2.45, 2.75) is 13.3 Å². The molecule has 6 nitrogen and oxygen atoms in total. The van der Waals surface area contributed by atoms with Crippen molar-refractivity contribution in [2.75, 3.05) is 13.2 Å². The van der Waals surface area contributed by atoms with Crippen LogP contribution in [0.15, 0.2) is 29.4 Å². The molecular weight excluding hydrogens is 224 g/mol. The van der Waals surface area contributed by atoms with Crippen LogP contribution in [-0.4, -0.2) is 29.1 Å². The number of hydrogen-bond acceptors (Lipinski definition) is 5. The van der Waals surface area contributed by atoms with Crippen molar-refractivity contribution in [2.24, 2.45) is 5.16 Å². The van der Waals surface area contributed by atoms with E-state index in [4.69, 9.17) is 9.94 Å². The van der Waals surface area contributed by atoms with Crippen molar-refractivity contribution in [1.82, 2.24) is 0 Å². The molecule has 1 aromatic carbocycles. The maximum absolute atomic E-state index is 10.5. The lowest BCUT2D eigenvalue weighted by Crippen LogP contribution is -2.11. The zero-order valence-electron chi connectivity index (χ0n) is 9.50. The van der Waals surface area contributed by atoms with Gasteiger partial charge in [-0.25, -0.2) is 0 Å². The number of rotatable bonds is 6. The molecule has 0 saturated carbocycles. The van der Waals surface area contributed by atoms with E-state index in [2.05, 4.69) is 5.16 Å². The molecule has 1 rings (SSSR count). The summed E-state index contributed by atoms with van der Waals surface area (Å²) in [4.78, 5) is 9.98. The van der Waals surface area contributed by atoms with E-state index in [1.165, 1.54) is 24.3 Å².